The molecule has 1 saturated heterocycles. The highest BCUT2D eigenvalue weighted by atomic mass is 16.5. The van der Waals surface area contributed by atoms with E-state index in [2.05, 4.69) is 11.8 Å². The molecular formula is C13H25NO3. The van der Waals surface area contributed by atoms with Crippen LogP contribution in [-0.2, 0) is 14.3 Å². The zero-order chi connectivity index (χ0) is 12.5. The smallest absolute Gasteiger partial charge is 0.323 e. The molecule has 4 nitrogen and oxygen atoms in total. The molecule has 4 heteroatoms. The molecule has 0 aromatic carbocycles. The largest absolute Gasteiger partial charge is 0.468 e. The van der Waals surface area contributed by atoms with Gasteiger partial charge in [-0.25, -0.2) is 0 Å². The van der Waals surface area contributed by atoms with Gasteiger partial charge in [-0.2, -0.15) is 0 Å². The maximum atomic E-state index is 11.6. The maximum Gasteiger partial charge on any atom is 0.323 e. The molecule has 0 aromatic heterocycles. The van der Waals surface area contributed by atoms with Crippen molar-refractivity contribution in [2.75, 3.05) is 33.4 Å². The molecule has 17 heavy (non-hydrogen) atoms. The van der Waals surface area contributed by atoms with Crippen LogP contribution in [0.25, 0.3) is 0 Å². The molecular weight excluding hydrogens is 218 g/mol. The molecule has 1 aliphatic heterocycles. The van der Waals surface area contributed by atoms with E-state index < -0.39 is 0 Å². The van der Waals surface area contributed by atoms with Crippen LogP contribution in [0, 0.1) is 0 Å². The van der Waals surface area contributed by atoms with Crippen LogP contribution in [0.3, 0.4) is 0 Å². The Kier molecular flexibility index (Phi) is 7.21. The Bertz CT molecular complexity index is 221. The lowest BCUT2D eigenvalue weighted by Crippen LogP contribution is -2.46. The Labute approximate surface area is 104 Å². The number of piperidine rings is 1. The quantitative estimate of drug-likeness (QED) is 0.505. The molecule has 1 atom stereocenters. The van der Waals surface area contributed by atoms with Crippen molar-refractivity contribution in [2.24, 2.45) is 0 Å². The number of hydrogen-bond acceptors (Lipinski definition) is 4. The Morgan fingerprint density at radius 2 is 2.18 bits per heavy atom. The monoisotopic (exact) mass is 243 g/mol. The summed E-state index contributed by atoms with van der Waals surface area (Å²) in [4.78, 5) is 13.8. The summed E-state index contributed by atoms with van der Waals surface area (Å²) in [6.07, 6.45) is 5.48. The van der Waals surface area contributed by atoms with Crippen molar-refractivity contribution in [1.29, 1.82) is 0 Å². The van der Waals surface area contributed by atoms with Crippen molar-refractivity contribution in [3.05, 3.63) is 0 Å². The zero-order valence-corrected chi connectivity index (χ0v) is 11.1. The zero-order valence-electron chi connectivity index (χ0n) is 11.1. The van der Waals surface area contributed by atoms with Crippen molar-refractivity contribution < 1.29 is 14.3 Å². The lowest BCUT2D eigenvalue weighted by molar-refractivity contribution is -0.148. The van der Waals surface area contributed by atoms with Crippen LogP contribution < -0.4 is 0 Å². The molecule has 100 valence electrons. The summed E-state index contributed by atoms with van der Waals surface area (Å²) in [7, 11) is 1.47. The lowest BCUT2D eigenvalue weighted by atomic mass is 10.0. The number of ether oxygens (including phenoxy) is 2. The van der Waals surface area contributed by atoms with E-state index in [1.807, 2.05) is 0 Å². The standard InChI is InChI=1S/C13H25NO3/c1-3-4-10-17-11-9-14-8-6-5-7-12(14)13(15)16-2/h12H,3-11H2,1-2H3. The van der Waals surface area contributed by atoms with Crippen LogP contribution >= 0.6 is 0 Å². The van der Waals surface area contributed by atoms with Crippen molar-refractivity contribution in [3.8, 4) is 0 Å². The molecule has 0 spiro atoms. The number of hydrogen-bond donors (Lipinski definition) is 0. The van der Waals surface area contributed by atoms with Crippen LogP contribution in [-0.4, -0.2) is 50.3 Å². The van der Waals surface area contributed by atoms with Crippen molar-refractivity contribution in [3.63, 3.8) is 0 Å². The Morgan fingerprint density at radius 1 is 1.35 bits per heavy atom. The van der Waals surface area contributed by atoms with Gasteiger partial charge in [-0.05, 0) is 25.8 Å². The van der Waals surface area contributed by atoms with Gasteiger partial charge < -0.3 is 9.47 Å². The number of esters is 1. The molecule has 1 rings (SSSR count). The highest BCUT2D eigenvalue weighted by Crippen LogP contribution is 2.17. The van der Waals surface area contributed by atoms with Gasteiger partial charge in [-0.1, -0.05) is 19.8 Å². The summed E-state index contributed by atoms with van der Waals surface area (Å²) < 4.78 is 10.4. The number of carbonyl (C=O) groups excluding carboxylic acids is 1. The van der Waals surface area contributed by atoms with E-state index in [4.69, 9.17) is 9.47 Å². The lowest BCUT2D eigenvalue weighted by Gasteiger charge is -2.33. The minimum Gasteiger partial charge on any atom is -0.468 e. The van der Waals surface area contributed by atoms with Crippen LogP contribution in [0.15, 0.2) is 0 Å². The number of rotatable bonds is 7. The molecule has 1 heterocycles. The molecule has 1 unspecified atom stereocenters. The van der Waals surface area contributed by atoms with E-state index >= 15 is 0 Å². The van der Waals surface area contributed by atoms with Gasteiger partial charge in [0.1, 0.15) is 6.04 Å². The molecule has 0 aromatic rings. The van der Waals surface area contributed by atoms with E-state index in [0.717, 1.165) is 45.4 Å². The fourth-order valence-corrected chi connectivity index (χ4v) is 2.19. The minimum absolute atomic E-state index is 0.0523. The highest BCUT2D eigenvalue weighted by molar-refractivity contribution is 5.75. The number of methoxy groups -OCH3 is 1. The van der Waals surface area contributed by atoms with Crippen LogP contribution in [0.1, 0.15) is 39.0 Å². The second kappa shape index (κ2) is 8.48. The molecule has 1 aliphatic rings. The van der Waals surface area contributed by atoms with E-state index in [-0.39, 0.29) is 12.0 Å². The summed E-state index contributed by atoms with van der Waals surface area (Å²) in [5.74, 6) is -0.0988. The summed E-state index contributed by atoms with van der Waals surface area (Å²) >= 11 is 0. The van der Waals surface area contributed by atoms with Crippen molar-refractivity contribution in [2.45, 2.75) is 45.1 Å². The summed E-state index contributed by atoms with van der Waals surface area (Å²) in [6.45, 7) is 5.52. The number of nitrogens with zero attached hydrogens (tertiary/aromatic N) is 1. The molecule has 0 N–H and O–H groups in total. The first-order valence-corrected chi connectivity index (χ1v) is 6.69. The van der Waals surface area contributed by atoms with Crippen LogP contribution in [0.4, 0.5) is 0 Å². The third-order valence-corrected chi connectivity index (χ3v) is 3.25. The van der Waals surface area contributed by atoms with E-state index in [9.17, 15) is 4.79 Å². The molecule has 1 fully saturated rings. The fraction of sp³-hybridized carbons (Fsp3) is 0.923. The second-order valence-corrected chi connectivity index (χ2v) is 4.54. The number of carbonyl (C=O) groups is 1. The predicted molar refractivity (Wildman–Crippen MR) is 67.0 cm³/mol. The van der Waals surface area contributed by atoms with Gasteiger partial charge in [0.15, 0.2) is 0 Å². The first kappa shape index (κ1) is 14.5. The van der Waals surface area contributed by atoms with Gasteiger partial charge in [-0.15, -0.1) is 0 Å². The Morgan fingerprint density at radius 3 is 2.88 bits per heavy atom. The van der Waals surface area contributed by atoms with Gasteiger partial charge in [0.05, 0.1) is 13.7 Å². The van der Waals surface area contributed by atoms with Gasteiger partial charge in [0, 0.05) is 13.2 Å². The highest BCUT2D eigenvalue weighted by Gasteiger charge is 2.28. The van der Waals surface area contributed by atoms with E-state index in [1.54, 1.807) is 0 Å². The Balaban J connectivity index is 2.25. The number of likely N-dealkylation sites (tertiary alicyclic amines) is 1. The average molecular weight is 243 g/mol. The third-order valence-electron chi connectivity index (χ3n) is 3.25. The fourth-order valence-electron chi connectivity index (χ4n) is 2.19. The second-order valence-electron chi connectivity index (χ2n) is 4.54. The first-order valence-electron chi connectivity index (χ1n) is 6.69. The van der Waals surface area contributed by atoms with Gasteiger partial charge in [0.25, 0.3) is 0 Å². The third kappa shape index (κ3) is 5.04. The van der Waals surface area contributed by atoms with E-state index in [0.29, 0.717) is 6.61 Å². The van der Waals surface area contributed by atoms with Gasteiger partial charge >= 0.3 is 5.97 Å². The van der Waals surface area contributed by atoms with E-state index in [1.165, 1.54) is 13.5 Å². The molecule has 0 amide bonds. The molecule has 0 saturated carbocycles. The average Bonchev–Trinajstić information content (AvgIpc) is 2.38. The van der Waals surface area contributed by atoms with Crippen LogP contribution in [0.2, 0.25) is 0 Å². The molecule has 0 bridgehead atoms. The molecule has 0 radical (unpaired) electrons. The maximum absolute atomic E-state index is 11.6. The summed E-state index contributed by atoms with van der Waals surface area (Å²) in [6, 6.07) is -0.0523. The molecule has 0 aliphatic carbocycles. The van der Waals surface area contributed by atoms with Gasteiger partial charge in [0.2, 0.25) is 0 Å². The van der Waals surface area contributed by atoms with Gasteiger partial charge in [-0.3, -0.25) is 9.69 Å². The minimum atomic E-state index is -0.0988. The summed E-state index contributed by atoms with van der Waals surface area (Å²) in [5.41, 5.74) is 0. The predicted octanol–water partition coefficient (Wildman–Crippen LogP) is 1.83. The number of unbranched alkanes of at least 4 members (excludes halogenated alkanes) is 1. The van der Waals surface area contributed by atoms with Crippen LogP contribution in [0.5, 0.6) is 0 Å². The van der Waals surface area contributed by atoms with Crippen molar-refractivity contribution in [1.82, 2.24) is 4.90 Å². The van der Waals surface area contributed by atoms with Crippen molar-refractivity contribution >= 4 is 5.97 Å². The Hall–Kier alpha value is -0.610. The SMILES string of the molecule is CCCCOCCN1CCCCC1C(=O)OC. The summed E-state index contributed by atoms with van der Waals surface area (Å²) in [5, 5.41) is 0. The topological polar surface area (TPSA) is 38.8 Å². The normalized spacial score (nSPS) is 21.4. The first-order chi connectivity index (χ1) is 8.29.